The molecule has 4 rings (SSSR count). The summed E-state index contributed by atoms with van der Waals surface area (Å²) in [5.74, 6) is 0.712. The third-order valence-corrected chi connectivity index (χ3v) is 5.64. The lowest BCUT2D eigenvalue weighted by molar-refractivity contribution is -0.113. The van der Waals surface area contributed by atoms with Gasteiger partial charge in [0.1, 0.15) is 5.69 Å². The van der Waals surface area contributed by atoms with Crippen LogP contribution in [0.25, 0.3) is 17.2 Å². The molecular weight excluding hydrogens is 450 g/mol. The smallest absolute Gasteiger partial charge is 0.234 e. The molecular formula is C21H16BrN5OS. The van der Waals surface area contributed by atoms with Crippen molar-refractivity contribution in [3.8, 4) is 17.2 Å². The van der Waals surface area contributed by atoms with Gasteiger partial charge in [-0.15, -0.1) is 10.2 Å². The molecule has 29 heavy (non-hydrogen) atoms. The van der Waals surface area contributed by atoms with Gasteiger partial charge < -0.3 is 5.32 Å². The van der Waals surface area contributed by atoms with Crippen molar-refractivity contribution in [2.45, 2.75) is 5.16 Å². The van der Waals surface area contributed by atoms with E-state index in [0.717, 1.165) is 15.8 Å². The normalized spacial score (nSPS) is 10.7. The Labute approximate surface area is 180 Å². The summed E-state index contributed by atoms with van der Waals surface area (Å²) in [6.07, 6.45) is 1.72. The molecule has 0 bridgehead atoms. The van der Waals surface area contributed by atoms with Crippen LogP contribution in [0.2, 0.25) is 0 Å². The van der Waals surface area contributed by atoms with Crippen molar-refractivity contribution in [3.63, 3.8) is 0 Å². The molecule has 0 saturated carbocycles. The fourth-order valence-electron chi connectivity index (χ4n) is 2.71. The summed E-state index contributed by atoms with van der Waals surface area (Å²) >= 11 is 4.76. The Balaban J connectivity index is 1.58. The predicted molar refractivity (Wildman–Crippen MR) is 118 cm³/mol. The van der Waals surface area contributed by atoms with Gasteiger partial charge in [0.25, 0.3) is 0 Å². The minimum atomic E-state index is -0.121. The van der Waals surface area contributed by atoms with Gasteiger partial charge in [-0.3, -0.25) is 14.3 Å². The topological polar surface area (TPSA) is 72.7 Å². The van der Waals surface area contributed by atoms with Crippen molar-refractivity contribution in [2.24, 2.45) is 0 Å². The number of halogens is 1. The Kier molecular flexibility index (Phi) is 6.02. The number of thioether (sulfide) groups is 1. The summed E-state index contributed by atoms with van der Waals surface area (Å²) in [5, 5.41) is 12.2. The molecule has 0 saturated heterocycles. The molecule has 6 nitrogen and oxygen atoms in total. The summed E-state index contributed by atoms with van der Waals surface area (Å²) in [5.41, 5.74) is 2.36. The monoisotopic (exact) mass is 465 g/mol. The zero-order valence-corrected chi connectivity index (χ0v) is 17.6. The van der Waals surface area contributed by atoms with Crippen molar-refractivity contribution in [1.29, 1.82) is 0 Å². The maximum absolute atomic E-state index is 12.4. The Morgan fingerprint density at radius 2 is 1.72 bits per heavy atom. The van der Waals surface area contributed by atoms with Crippen LogP contribution in [0.15, 0.2) is 88.6 Å². The number of benzene rings is 2. The van der Waals surface area contributed by atoms with Gasteiger partial charge in [-0.1, -0.05) is 48.2 Å². The Hall–Kier alpha value is -2.97. The standard InChI is InChI=1S/C21H16BrN5OS/c22-16-10-4-5-11-17(16)24-19(28)14-29-21-26-25-20(18-12-6-7-13-23-18)27(21)15-8-2-1-3-9-15/h1-13H,14H2,(H,24,28). The average molecular weight is 466 g/mol. The first kappa shape index (κ1) is 19.4. The fraction of sp³-hybridized carbons (Fsp3) is 0.0476. The number of nitrogens with zero attached hydrogens (tertiary/aromatic N) is 4. The number of nitrogens with one attached hydrogen (secondary N) is 1. The van der Waals surface area contributed by atoms with Gasteiger partial charge in [0.15, 0.2) is 11.0 Å². The number of carbonyl (C=O) groups excluding carboxylic acids is 1. The molecule has 0 aliphatic carbocycles. The summed E-state index contributed by atoms with van der Waals surface area (Å²) < 4.78 is 2.75. The zero-order valence-electron chi connectivity index (χ0n) is 15.2. The van der Waals surface area contributed by atoms with E-state index in [1.807, 2.05) is 77.4 Å². The number of rotatable bonds is 6. The Morgan fingerprint density at radius 1 is 0.966 bits per heavy atom. The first-order chi connectivity index (χ1) is 14.2. The number of anilines is 1. The molecule has 0 radical (unpaired) electrons. The summed E-state index contributed by atoms with van der Waals surface area (Å²) in [7, 11) is 0. The zero-order chi connectivity index (χ0) is 20.1. The highest BCUT2D eigenvalue weighted by atomic mass is 79.9. The molecule has 0 fully saturated rings. The molecule has 4 aromatic rings. The van der Waals surface area contributed by atoms with Crippen LogP contribution in [-0.2, 0) is 4.79 Å². The number of amides is 1. The maximum Gasteiger partial charge on any atom is 0.234 e. The second kappa shape index (κ2) is 9.02. The summed E-state index contributed by atoms with van der Waals surface area (Å²) in [6.45, 7) is 0. The van der Waals surface area contributed by atoms with Crippen LogP contribution in [0.5, 0.6) is 0 Å². The van der Waals surface area contributed by atoms with E-state index in [1.165, 1.54) is 11.8 Å². The molecule has 1 N–H and O–H groups in total. The molecule has 8 heteroatoms. The van der Waals surface area contributed by atoms with Gasteiger partial charge in [-0.2, -0.15) is 0 Å². The second-order valence-corrected chi connectivity index (χ2v) is 7.81. The van der Waals surface area contributed by atoms with Crippen LogP contribution in [0, 0.1) is 0 Å². The largest absolute Gasteiger partial charge is 0.324 e. The molecule has 144 valence electrons. The number of para-hydroxylation sites is 2. The molecule has 2 aromatic heterocycles. The van der Waals surface area contributed by atoms with Crippen molar-refractivity contribution in [2.75, 3.05) is 11.1 Å². The van der Waals surface area contributed by atoms with Gasteiger partial charge in [-0.05, 0) is 52.3 Å². The minimum Gasteiger partial charge on any atom is -0.324 e. The van der Waals surface area contributed by atoms with E-state index in [-0.39, 0.29) is 11.7 Å². The van der Waals surface area contributed by atoms with Crippen molar-refractivity contribution in [1.82, 2.24) is 19.7 Å². The highest BCUT2D eigenvalue weighted by Crippen LogP contribution is 2.27. The van der Waals surface area contributed by atoms with E-state index >= 15 is 0 Å². The lowest BCUT2D eigenvalue weighted by atomic mass is 10.3. The highest BCUT2D eigenvalue weighted by Gasteiger charge is 2.18. The van der Waals surface area contributed by atoms with Gasteiger partial charge >= 0.3 is 0 Å². The highest BCUT2D eigenvalue weighted by molar-refractivity contribution is 9.10. The van der Waals surface area contributed by atoms with E-state index in [9.17, 15) is 4.79 Å². The Bertz CT molecular complexity index is 1120. The molecule has 2 aromatic carbocycles. The van der Waals surface area contributed by atoms with Crippen LogP contribution < -0.4 is 5.32 Å². The number of pyridine rings is 1. The van der Waals surface area contributed by atoms with Crippen LogP contribution in [0.3, 0.4) is 0 Å². The molecule has 1 amide bonds. The minimum absolute atomic E-state index is 0.121. The predicted octanol–water partition coefficient (Wildman–Crippen LogP) is 4.82. The summed E-state index contributed by atoms with van der Waals surface area (Å²) in [4.78, 5) is 16.8. The van der Waals surface area contributed by atoms with E-state index in [4.69, 9.17) is 0 Å². The van der Waals surface area contributed by atoms with Crippen LogP contribution in [0.4, 0.5) is 5.69 Å². The van der Waals surface area contributed by atoms with Crippen LogP contribution in [-0.4, -0.2) is 31.4 Å². The molecule has 0 unspecified atom stereocenters. The fourth-order valence-corrected chi connectivity index (χ4v) is 3.85. The molecule has 0 aliphatic heterocycles. The lowest BCUT2D eigenvalue weighted by Crippen LogP contribution is -2.15. The van der Waals surface area contributed by atoms with E-state index < -0.39 is 0 Å². The number of aromatic nitrogens is 4. The second-order valence-electron chi connectivity index (χ2n) is 6.01. The maximum atomic E-state index is 12.4. The third-order valence-electron chi connectivity index (χ3n) is 4.02. The lowest BCUT2D eigenvalue weighted by Gasteiger charge is -2.10. The molecule has 0 spiro atoms. The number of hydrogen-bond donors (Lipinski definition) is 1. The first-order valence-electron chi connectivity index (χ1n) is 8.82. The Morgan fingerprint density at radius 3 is 2.48 bits per heavy atom. The van der Waals surface area contributed by atoms with E-state index in [0.29, 0.717) is 16.7 Å². The quantitative estimate of drug-likeness (QED) is 0.413. The van der Waals surface area contributed by atoms with Gasteiger partial charge in [0, 0.05) is 16.4 Å². The third kappa shape index (κ3) is 4.55. The average Bonchev–Trinajstić information content (AvgIpc) is 3.19. The number of carbonyl (C=O) groups is 1. The van der Waals surface area contributed by atoms with Gasteiger partial charge in [0.2, 0.25) is 5.91 Å². The van der Waals surface area contributed by atoms with Crippen LogP contribution >= 0.6 is 27.7 Å². The summed E-state index contributed by atoms with van der Waals surface area (Å²) in [6, 6.07) is 22.9. The SMILES string of the molecule is O=C(CSc1nnc(-c2ccccn2)n1-c1ccccc1)Nc1ccccc1Br. The molecule has 2 heterocycles. The van der Waals surface area contributed by atoms with Crippen molar-refractivity contribution in [3.05, 3.63) is 83.5 Å². The van der Waals surface area contributed by atoms with Gasteiger partial charge in [-0.25, -0.2) is 0 Å². The van der Waals surface area contributed by atoms with E-state index in [2.05, 4.69) is 36.4 Å². The number of hydrogen-bond acceptors (Lipinski definition) is 5. The molecule has 0 aliphatic rings. The first-order valence-corrected chi connectivity index (χ1v) is 10.6. The van der Waals surface area contributed by atoms with Crippen LogP contribution in [0.1, 0.15) is 0 Å². The van der Waals surface area contributed by atoms with E-state index in [1.54, 1.807) is 6.20 Å². The molecule has 0 atom stereocenters. The van der Waals surface area contributed by atoms with Crippen molar-refractivity contribution < 1.29 is 4.79 Å². The van der Waals surface area contributed by atoms with Crippen molar-refractivity contribution >= 4 is 39.3 Å². The van der Waals surface area contributed by atoms with Gasteiger partial charge in [0.05, 0.1) is 11.4 Å².